The quantitative estimate of drug-likeness (QED) is 0.627. The van der Waals surface area contributed by atoms with Gasteiger partial charge < -0.3 is 9.47 Å². The van der Waals surface area contributed by atoms with Gasteiger partial charge in [-0.15, -0.1) is 0 Å². The van der Waals surface area contributed by atoms with Crippen LogP contribution in [0.25, 0.3) is 28.1 Å². The van der Waals surface area contributed by atoms with Crippen LogP contribution in [0.5, 0.6) is 0 Å². The van der Waals surface area contributed by atoms with E-state index in [0.717, 1.165) is 35.1 Å². The second-order valence-electron chi connectivity index (χ2n) is 6.79. The average Bonchev–Trinajstić information content (AvgIpc) is 3.06. The van der Waals surface area contributed by atoms with E-state index in [9.17, 15) is 8.42 Å². The first-order valence-corrected chi connectivity index (χ1v) is 10.9. The van der Waals surface area contributed by atoms with Crippen molar-refractivity contribution in [3.05, 3.63) is 59.1 Å². The van der Waals surface area contributed by atoms with Gasteiger partial charge in [0.1, 0.15) is 6.07 Å². The predicted molar refractivity (Wildman–Crippen MR) is 119 cm³/mol. The smallest absolute Gasteiger partial charge is 0.248 e. The van der Waals surface area contributed by atoms with Gasteiger partial charge in [0, 0.05) is 37.2 Å². The minimum atomic E-state index is -4.05. The zero-order chi connectivity index (χ0) is 21.2. The van der Waals surface area contributed by atoms with Gasteiger partial charge in [-0.25, -0.2) is 13.6 Å². The molecule has 0 bridgehead atoms. The van der Waals surface area contributed by atoms with E-state index < -0.39 is 14.9 Å². The fourth-order valence-corrected chi connectivity index (χ4v) is 3.86. The molecule has 7 heteroatoms. The summed E-state index contributed by atoms with van der Waals surface area (Å²) >= 11 is 0. The van der Waals surface area contributed by atoms with Crippen LogP contribution in [0.1, 0.15) is 19.5 Å². The Labute approximate surface area is 171 Å². The lowest BCUT2D eigenvalue weighted by atomic mass is 10.0. The van der Waals surface area contributed by atoms with E-state index in [4.69, 9.17) is 10.4 Å². The number of nitrogens with zero attached hydrogens (tertiary/aromatic N) is 3. The normalized spacial score (nSPS) is 12.2. The van der Waals surface area contributed by atoms with Crippen molar-refractivity contribution in [1.82, 2.24) is 4.57 Å². The van der Waals surface area contributed by atoms with E-state index in [2.05, 4.69) is 49.1 Å². The summed E-state index contributed by atoms with van der Waals surface area (Å²) in [5.41, 5.74) is 3.71. The van der Waals surface area contributed by atoms with Crippen LogP contribution in [0.15, 0.2) is 53.4 Å². The number of aromatic nitrogens is 1. The average molecular weight is 409 g/mol. The maximum Gasteiger partial charge on any atom is 0.248 e. The van der Waals surface area contributed by atoms with Crippen molar-refractivity contribution < 1.29 is 8.42 Å². The third-order valence-electron chi connectivity index (χ3n) is 5.10. The Kier molecular flexibility index (Phi) is 5.78. The van der Waals surface area contributed by atoms with E-state index in [1.165, 1.54) is 11.8 Å². The van der Waals surface area contributed by atoms with Gasteiger partial charge in [0.05, 0.1) is 0 Å². The van der Waals surface area contributed by atoms with Crippen LogP contribution >= 0.6 is 0 Å². The predicted octanol–water partition coefficient (Wildman–Crippen LogP) is 3.84. The maximum atomic E-state index is 11.5. The van der Waals surface area contributed by atoms with Crippen molar-refractivity contribution >= 4 is 32.6 Å². The van der Waals surface area contributed by atoms with Gasteiger partial charge in [0.15, 0.2) is 4.91 Å². The molecule has 2 N–H and O–H groups in total. The Morgan fingerprint density at radius 3 is 2.38 bits per heavy atom. The van der Waals surface area contributed by atoms with Gasteiger partial charge in [-0.1, -0.05) is 18.2 Å². The lowest BCUT2D eigenvalue weighted by Gasteiger charge is -2.21. The highest BCUT2D eigenvalue weighted by Gasteiger charge is 2.14. The van der Waals surface area contributed by atoms with E-state index in [1.807, 2.05) is 23.7 Å². The summed E-state index contributed by atoms with van der Waals surface area (Å²) in [5.74, 6) is 0. The largest absolute Gasteiger partial charge is 0.372 e. The zero-order valence-electron chi connectivity index (χ0n) is 16.8. The number of nitrogens with two attached hydrogens (primary N) is 1. The van der Waals surface area contributed by atoms with Crippen molar-refractivity contribution in [3.8, 4) is 17.3 Å². The third-order valence-corrected chi connectivity index (χ3v) is 5.93. The number of primary sulfonamides is 1. The number of nitriles is 1. The van der Waals surface area contributed by atoms with Crippen LogP contribution in [0.2, 0.25) is 0 Å². The third kappa shape index (κ3) is 4.19. The van der Waals surface area contributed by atoms with E-state index in [-0.39, 0.29) is 0 Å². The molecular weight excluding hydrogens is 384 g/mol. The molecule has 0 saturated carbocycles. The molecule has 150 valence electrons. The fourth-order valence-electron chi connectivity index (χ4n) is 3.45. The molecule has 0 aliphatic rings. The van der Waals surface area contributed by atoms with Gasteiger partial charge in [-0.05, 0) is 66.6 Å². The molecule has 3 rings (SSSR count). The maximum absolute atomic E-state index is 11.5. The second kappa shape index (κ2) is 8.11. The van der Waals surface area contributed by atoms with Crippen molar-refractivity contribution in [2.75, 3.05) is 18.0 Å². The molecule has 29 heavy (non-hydrogen) atoms. The molecule has 6 nitrogen and oxygen atoms in total. The van der Waals surface area contributed by atoms with Crippen LogP contribution in [0, 0.1) is 11.3 Å². The Balaban J connectivity index is 2.02. The summed E-state index contributed by atoms with van der Waals surface area (Å²) in [5, 5.41) is 16.4. The Hall–Kier alpha value is -3.08. The number of hydrogen-bond donors (Lipinski definition) is 1. The van der Waals surface area contributed by atoms with Gasteiger partial charge in [0.2, 0.25) is 10.0 Å². The van der Waals surface area contributed by atoms with Crippen molar-refractivity contribution in [1.29, 1.82) is 5.26 Å². The number of hydrogen-bond acceptors (Lipinski definition) is 4. The van der Waals surface area contributed by atoms with E-state index >= 15 is 0 Å². The van der Waals surface area contributed by atoms with E-state index in [1.54, 1.807) is 12.1 Å². The topological polar surface area (TPSA) is 92.1 Å². The Morgan fingerprint density at radius 2 is 1.76 bits per heavy atom. The minimum Gasteiger partial charge on any atom is -0.372 e. The molecule has 3 aromatic rings. The van der Waals surface area contributed by atoms with E-state index in [0.29, 0.717) is 5.69 Å². The summed E-state index contributed by atoms with van der Waals surface area (Å²) in [6.07, 6.45) is 1.29. The molecule has 0 amide bonds. The Bertz CT molecular complexity index is 1230. The zero-order valence-corrected chi connectivity index (χ0v) is 17.6. The van der Waals surface area contributed by atoms with Crippen LogP contribution in [0.3, 0.4) is 0 Å². The summed E-state index contributed by atoms with van der Waals surface area (Å²) in [6, 6.07) is 18.0. The first kappa shape index (κ1) is 20.6. The number of benzene rings is 2. The number of fused-ring (bicyclic) bond motifs is 1. The number of rotatable bonds is 6. The molecule has 1 heterocycles. The summed E-state index contributed by atoms with van der Waals surface area (Å²) in [6.45, 7) is 6.21. The highest BCUT2D eigenvalue weighted by molar-refractivity contribution is 7.93. The highest BCUT2D eigenvalue weighted by Crippen LogP contribution is 2.29. The molecule has 0 fully saturated rings. The lowest BCUT2D eigenvalue weighted by molar-refractivity contribution is 0.605. The summed E-state index contributed by atoms with van der Waals surface area (Å²) < 4.78 is 24.8. The Morgan fingerprint density at radius 1 is 1.10 bits per heavy atom. The molecule has 2 aromatic carbocycles. The summed E-state index contributed by atoms with van der Waals surface area (Å²) in [4.78, 5) is 1.84. The SMILES string of the molecule is CCN(CC)c1ccc2cc(-c3ccc(/C=C(\C#N)S(N)(=O)=O)n3C)ccc2c1. The molecule has 0 unspecified atom stereocenters. The molecule has 0 atom stereocenters. The number of sulfonamides is 1. The van der Waals surface area contributed by atoms with Gasteiger partial charge in [-0.3, -0.25) is 0 Å². The first-order chi connectivity index (χ1) is 13.8. The molecule has 1 aromatic heterocycles. The van der Waals surface area contributed by atoms with Crippen LogP contribution in [0.4, 0.5) is 5.69 Å². The minimum absolute atomic E-state index is 0.465. The second-order valence-corrected chi connectivity index (χ2v) is 8.32. The molecule has 0 radical (unpaired) electrons. The molecule has 0 aliphatic carbocycles. The number of allylic oxidation sites excluding steroid dienone is 1. The summed E-state index contributed by atoms with van der Waals surface area (Å²) in [7, 11) is -2.22. The van der Waals surface area contributed by atoms with Crippen molar-refractivity contribution in [2.24, 2.45) is 12.2 Å². The van der Waals surface area contributed by atoms with Crippen molar-refractivity contribution in [3.63, 3.8) is 0 Å². The highest BCUT2D eigenvalue weighted by atomic mass is 32.2. The molecular formula is C22H24N4O2S. The standard InChI is InChI=1S/C22H24N4O2S/c1-4-26(5-2)20-9-8-16-12-18(7-6-17(16)13-20)22-11-10-19(25(22)3)14-21(15-23)29(24,27)28/h6-14H,4-5H2,1-3H3,(H2,24,27,28)/b21-14+. The lowest BCUT2D eigenvalue weighted by Crippen LogP contribution is -2.21. The fraction of sp³-hybridized carbons (Fsp3) is 0.227. The van der Waals surface area contributed by atoms with Crippen LogP contribution < -0.4 is 10.0 Å². The van der Waals surface area contributed by atoms with Crippen LogP contribution in [-0.2, 0) is 17.1 Å². The number of anilines is 1. The first-order valence-electron chi connectivity index (χ1n) is 9.38. The molecule has 0 spiro atoms. The molecule has 0 saturated heterocycles. The monoisotopic (exact) mass is 408 g/mol. The van der Waals surface area contributed by atoms with Gasteiger partial charge in [-0.2, -0.15) is 5.26 Å². The van der Waals surface area contributed by atoms with Crippen molar-refractivity contribution in [2.45, 2.75) is 13.8 Å². The molecule has 0 aliphatic heterocycles. The van der Waals surface area contributed by atoms with Gasteiger partial charge >= 0.3 is 0 Å². The van der Waals surface area contributed by atoms with Gasteiger partial charge in [0.25, 0.3) is 0 Å². The van der Waals surface area contributed by atoms with Crippen LogP contribution in [-0.4, -0.2) is 26.1 Å².